The lowest BCUT2D eigenvalue weighted by molar-refractivity contribution is 0.320. The first kappa shape index (κ1) is 23.4. The SMILES string of the molecule is Nc1nc2ccc(/C=C/c3cnc(Nc4ccc(S(=O)(=O)N5CCC(N)CC5)cc4)nc3)cc2s1. The predicted molar refractivity (Wildman–Crippen MR) is 141 cm³/mol. The summed E-state index contributed by atoms with van der Waals surface area (Å²) in [6, 6.07) is 12.7. The van der Waals surface area contributed by atoms with Gasteiger partial charge < -0.3 is 16.8 Å². The Labute approximate surface area is 207 Å². The van der Waals surface area contributed by atoms with Crippen LogP contribution >= 0.6 is 11.3 Å². The van der Waals surface area contributed by atoms with E-state index in [2.05, 4.69) is 20.3 Å². The lowest BCUT2D eigenvalue weighted by Gasteiger charge is -2.29. The van der Waals surface area contributed by atoms with E-state index >= 15 is 0 Å². The molecule has 0 aliphatic carbocycles. The molecular weight excluding hydrogens is 482 g/mol. The highest BCUT2D eigenvalue weighted by atomic mass is 32.2. The summed E-state index contributed by atoms with van der Waals surface area (Å²) in [6.07, 6.45) is 8.71. The largest absolute Gasteiger partial charge is 0.375 e. The van der Waals surface area contributed by atoms with Crippen LogP contribution in [0.4, 0.5) is 16.8 Å². The molecule has 0 spiro atoms. The summed E-state index contributed by atoms with van der Waals surface area (Å²) < 4.78 is 28.3. The second-order valence-corrected chi connectivity index (χ2v) is 11.3. The predicted octanol–water partition coefficient (Wildman–Crippen LogP) is 3.69. The second kappa shape index (κ2) is 9.70. The number of sulfonamides is 1. The van der Waals surface area contributed by atoms with Crippen molar-refractivity contribution in [2.75, 3.05) is 24.1 Å². The zero-order valence-electron chi connectivity index (χ0n) is 18.8. The molecule has 4 aromatic rings. The number of fused-ring (bicyclic) bond motifs is 1. The maximum Gasteiger partial charge on any atom is 0.243 e. The first-order valence-electron chi connectivity index (χ1n) is 11.2. The Balaban J connectivity index is 1.22. The monoisotopic (exact) mass is 507 g/mol. The molecule has 5 rings (SSSR count). The van der Waals surface area contributed by atoms with Gasteiger partial charge in [0, 0.05) is 42.8 Å². The van der Waals surface area contributed by atoms with Crippen LogP contribution in [0, 0.1) is 0 Å². The Bertz CT molecular complexity index is 1460. The van der Waals surface area contributed by atoms with Crippen molar-refractivity contribution in [1.29, 1.82) is 0 Å². The standard InChI is InChI=1S/C24H25N7O2S2/c25-18-9-11-31(12-10-18)35(32,33)20-6-4-19(5-7-20)29-24-27-14-17(15-28-24)2-1-16-3-8-21-22(13-16)34-23(26)30-21/h1-8,13-15,18H,9-12,25H2,(H2,26,30)(H,27,28,29)/b2-1+. The number of rotatable bonds is 6. The lowest BCUT2D eigenvalue weighted by atomic mass is 10.1. The minimum Gasteiger partial charge on any atom is -0.375 e. The summed E-state index contributed by atoms with van der Waals surface area (Å²) in [7, 11) is -3.52. The van der Waals surface area contributed by atoms with Crippen LogP contribution < -0.4 is 16.8 Å². The first-order valence-corrected chi connectivity index (χ1v) is 13.4. The highest BCUT2D eigenvalue weighted by molar-refractivity contribution is 7.89. The fourth-order valence-electron chi connectivity index (χ4n) is 3.85. The van der Waals surface area contributed by atoms with Crippen LogP contribution in [0.25, 0.3) is 22.4 Å². The molecule has 2 aromatic heterocycles. The molecule has 5 N–H and O–H groups in total. The Kier molecular flexibility index (Phi) is 6.48. The average molecular weight is 508 g/mol. The fraction of sp³-hybridized carbons (Fsp3) is 0.208. The zero-order valence-corrected chi connectivity index (χ0v) is 20.5. The van der Waals surface area contributed by atoms with Crippen LogP contribution in [0.5, 0.6) is 0 Å². The summed E-state index contributed by atoms with van der Waals surface area (Å²) in [5.41, 5.74) is 15.1. The summed E-state index contributed by atoms with van der Waals surface area (Å²) >= 11 is 1.46. The summed E-state index contributed by atoms with van der Waals surface area (Å²) in [5, 5.41) is 3.66. The lowest BCUT2D eigenvalue weighted by Crippen LogP contribution is -2.42. The van der Waals surface area contributed by atoms with E-state index in [0.717, 1.165) is 21.3 Å². The van der Waals surface area contributed by atoms with Gasteiger partial charge in [-0.15, -0.1) is 0 Å². The van der Waals surface area contributed by atoms with Gasteiger partial charge in [0.25, 0.3) is 0 Å². The Morgan fingerprint density at radius 1 is 1.00 bits per heavy atom. The number of nitrogen functional groups attached to an aromatic ring is 1. The third kappa shape index (κ3) is 5.33. The normalized spacial score (nSPS) is 15.7. The van der Waals surface area contributed by atoms with Crippen molar-refractivity contribution < 1.29 is 8.42 Å². The summed E-state index contributed by atoms with van der Waals surface area (Å²) in [6.45, 7) is 0.902. The van der Waals surface area contributed by atoms with Crippen molar-refractivity contribution >= 4 is 60.5 Å². The van der Waals surface area contributed by atoms with Crippen LogP contribution in [-0.4, -0.2) is 46.8 Å². The van der Waals surface area contributed by atoms with Crippen molar-refractivity contribution in [3.63, 3.8) is 0 Å². The van der Waals surface area contributed by atoms with Gasteiger partial charge in [-0.1, -0.05) is 29.6 Å². The van der Waals surface area contributed by atoms with E-state index < -0.39 is 10.0 Å². The van der Waals surface area contributed by atoms with Gasteiger partial charge in [0.05, 0.1) is 15.1 Å². The molecule has 0 amide bonds. The number of hydrogen-bond donors (Lipinski definition) is 3. The van der Waals surface area contributed by atoms with E-state index in [4.69, 9.17) is 11.5 Å². The molecule has 9 nitrogen and oxygen atoms in total. The number of piperidine rings is 1. The van der Waals surface area contributed by atoms with Crippen molar-refractivity contribution in [2.24, 2.45) is 5.73 Å². The molecule has 0 radical (unpaired) electrons. The maximum absolute atomic E-state index is 12.9. The number of benzene rings is 2. The average Bonchev–Trinajstić information content (AvgIpc) is 3.23. The topological polar surface area (TPSA) is 140 Å². The van der Waals surface area contributed by atoms with Crippen molar-refractivity contribution in [2.45, 2.75) is 23.8 Å². The van der Waals surface area contributed by atoms with Crippen molar-refractivity contribution in [1.82, 2.24) is 19.3 Å². The van der Waals surface area contributed by atoms with Gasteiger partial charge in [-0.3, -0.25) is 0 Å². The van der Waals surface area contributed by atoms with Gasteiger partial charge in [0.15, 0.2) is 5.13 Å². The third-order valence-corrected chi connectivity index (χ3v) is 8.58. The van der Waals surface area contributed by atoms with Gasteiger partial charge >= 0.3 is 0 Å². The molecule has 1 aliphatic rings. The van der Waals surface area contributed by atoms with Crippen LogP contribution in [0.3, 0.4) is 0 Å². The highest BCUT2D eigenvalue weighted by Gasteiger charge is 2.28. The molecule has 1 aliphatic heterocycles. The number of nitrogens with one attached hydrogen (secondary N) is 1. The highest BCUT2D eigenvalue weighted by Crippen LogP contribution is 2.26. The molecule has 2 aromatic carbocycles. The van der Waals surface area contributed by atoms with Crippen LogP contribution in [0.15, 0.2) is 59.8 Å². The Morgan fingerprint density at radius 3 is 2.40 bits per heavy atom. The van der Waals surface area contributed by atoms with E-state index in [1.54, 1.807) is 36.7 Å². The molecule has 0 bridgehead atoms. The number of anilines is 3. The first-order chi connectivity index (χ1) is 16.9. The van der Waals surface area contributed by atoms with E-state index in [9.17, 15) is 8.42 Å². The number of nitrogens with zero attached hydrogens (tertiary/aromatic N) is 4. The number of aromatic nitrogens is 3. The minimum absolute atomic E-state index is 0.0722. The molecule has 1 fully saturated rings. The van der Waals surface area contributed by atoms with Crippen LogP contribution in [-0.2, 0) is 10.0 Å². The Morgan fingerprint density at radius 2 is 1.69 bits per heavy atom. The molecule has 180 valence electrons. The van der Waals surface area contributed by atoms with Gasteiger partial charge in [-0.25, -0.2) is 23.4 Å². The van der Waals surface area contributed by atoms with Gasteiger partial charge in [-0.05, 0) is 54.8 Å². The third-order valence-electron chi connectivity index (χ3n) is 5.82. The quantitative estimate of drug-likeness (QED) is 0.359. The number of nitrogens with two attached hydrogens (primary N) is 2. The molecule has 3 heterocycles. The second-order valence-electron chi connectivity index (χ2n) is 8.34. The zero-order chi connectivity index (χ0) is 24.4. The van der Waals surface area contributed by atoms with E-state index in [0.29, 0.717) is 42.7 Å². The van der Waals surface area contributed by atoms with Gasteiger partial charge in [-0.2, -0.15) is 4.31 Å². The van der Waals surface area contributed by atoms with Crippen LogP contribution in [0.2, 0.25) is 0 Å². The van der Waals surface area contributed by atoms with E-state index in [-0.39, 0.29) is 10.9 Å². The molecular formula is C24H25N7O2S2. The minimum atomic E-state index is -3.52. The van der Waals surface area contributed by atoms with E-state index in [1.165, 1.54) is 15.6 Å². The summed E-state index contributed by atoms with van der Waals surface area (Å²) in [5.74, 6) is 0.421. The molecule has 35 heavy (non-hydrogen) atoms. The van der Waals surface area contributed by atoms with Crippen molar-refractivity contribution in [3.8, 4) is 0 Å². The van der Waals surface area contributed by atoms with Crippen LogP contribution in [0.1, 0.15) is 24.0 Å². The fourth-order valence-corrected chi connectivity index (χ4v) is 6.10. The molecule has 11 heteroatoms. The summed E-state index contributed by atoms with van der Waals surface area (Å²) in [4.78, 5) is 13.2. The molecule has 0 unspecified atom stereocenters. The molecule has 1 saturated heterocycles. The van der Waals surface area contributed by atoms with Gasteiger partial charge in [0.1, 0.15) is 0 Å². The Hall–Kier alpha value is -3.38. The van der Waals surface area contributed by atoms with E-state index in [1.807, 2.05) is 30.4 Å². The maximum atomic E-state index is 12.9. The molecule has 0 atom stereocenters. The smallest absolute Gasteiger partial charge is 0.243 e. The number of thiazole rings is 1. The van der Waals surface area contributed by atoms with Crippen molar-refractivity contribution in [3.05, 3.63) is 66.0 Å². The van der Waals surface area contributed by atoms with Gasteiger partial charge in [0.2, 0.25) is 16.0 Å². The number of hydrogen-bond acceptors (Lipinski definition) is 9. The molecule has 0 saturated carbocycles.